The monoisotopic (exact) mass is 350 g/mol. The number of anilines is 1. The van der Waals surface area contributed by atoms with Gasteiger partial charge < -0.3 is 4.90 Å². The molecule has 0 aromatic heterocycles. The fourth-order valence-electron chi connectivity index (χ4n) is 2.14. The molecule has 2 aromatic rings. The third-order valence-electron chi connectivity index (χ3n) is 3.57. The minimum absolute atomic E-state index is 0.00742. The van der Waals surface area contributed by atoms with E-state index in [1.165, 1.54) is 29.2 Å². The number of halogens is 1. The lowest BCUT2D eigenvalue weighted by atomic mass is 10.2. The first-order chi connectivity index (χ1) is 11.3. The highest BCUT2D eigenvalue weighted by atomic mass is 32.2. The van der Waals surface area contributed by atoms with Crippen LogP contribution >= 0.6 is 0 Å². The van der Waals surface area contributed by atoms with Crippen molar-refractivity contribution in [3.8, 4) is 0 Å². The first-order valence-electron chi connectivity index (χ1n) is 7.28. The third kappa shape index (κ3) is 4.87. The van der Waals surface area contributed by atoms with Crippen LogP contribution in [0.3, 0.4) is 0 Å². The van der Waals surface area contributed by atoms with Gasteiger partial charge in [0.2, 0.25) is 15.9 Å². The van der Waals surface area contributed by atoms with Crippen molar-refractivity contribution in [2.75, 3.05) is 24.7 Å². The predicted octanol–water partition coefficient (Wildman–Crippen LogP) is 2.25. The van der Waals surface area contributed by atoms with E-state index < -0.39 is 15.8 Å². The first-order valence-corrected chi connectivity index (χ1v) is 9.13. The third-order valence-corrected chi connectivity index (χ3v) is 4.77. The van der Waals surface area contributed by atoms with Gasteiger partial charge in [-0.1, -0.05) is 30.3 Å². The maximum Gasteiger partial charge on any atom is 0.242 e. The smallest absolute Gasteiger partial charge is 0.242 e. The number of benzene rings is 2. The molecule has 2 rings (SSSR count). The van der Waals surface area contributed by atoms with Gasteiger partial charge in [0.25, 0.3) is 0 Å². The van der Waals surface area contributed by atoms with Crippen molar-refractivity contribution in [3.05, 3.63) is 66.0 Å². The molecule has 0 aliphatic rings. The summed E-state index contributed by atoms with van der Waals surface area (Å²) in [7, 11) is -2.00. The molecule has 0 aliphatic carbocycles. The zero-order valence-electron chi connectivity index (χ0n) is 13.5. The molecule has 5 nitrogen and oxygen atoms in total. The number of carbonyl (C=O) groups is 1. The van der Waals surface area contributed by atoms with Gasteiger partial charge in [0.05, 0.1) is 12.8 Å². The Morgan fingerprint density at radius 1 is 1.04 bits per heavy atom. The Balaban J connectivity index is 2.14. The molecule has 0 N–H and O–H groups in total. The number of likely N-dealkylation sites (N-methyl/N-ethyl adjacent to an activating group) is 1. The number of rotatable bonds is 6. The minimum Gasteiger partial charge on any atom is -0.314 e. The van der Waals surface area contributed by atoms with Crippen molar-refractivity contribution in [1.29, 1.82) is 0 Å². The second kappa shape index (κ2) is 7.55. The molecule has 0 fully saturated rings. The molecule has 0 unspecified atom stereocenters. The molecule has 0 atom stereocenters. The van der Waals surface area contributed by atoms with E-state index in [1.807, 2.05) is 6.07 Å². The lowest BCUT2D eigenvalue weighted by Gasteiger charge is -2.23. The standard InChI is InChI=1S/C17H19FN2O3S/c1-19(16-6-4-3-5-7-16)17(21)13-20(24(2,22)23)12-14-8-10-15(18)11-9-14/h3-11H,12-13H2,1-2H3. The van der Waals surface area contributed by atoms with Crippen molar-refractivity contribution < 1.29 is 17.6 Å². The van der Waals surface area contributed by atoms with Crippen molar-refractivity contribution in [2.45, 2.75) is 6.54 Å². The summed E-state index contributed by atoms with van der Waals surface area (Å²) in [6.07, 6.45) is 1.05. The molecule has 2 aromatic carbocycles. The van der Waals surface area contributed by atoms with Crippen LogP contribution in [0.2, 0.25) is 0 Å². The molecule has 0 radical (unpaired) electrons. The molecular formula is C17H19FN2O3S. The fraction of sp³-hybridized carbons (Fsp3) is 0.235. The van der Waals surface area contributed by atoms with Gasteiger partial charge in [-0.15, -0.1) is 0 Å². The van der Waals surface area contributed by atoms with Gasteiger partial charge >= 0.3 is 0 Å². The summed E-state index contributed by atoms with van der Waals surface area (Å²) in [4.78, 5) is 13.8. The Morgan fingerprint density at radius 2 is 1.62 bits per heavy atom. The van der Waals surface area contributed by atoms with Gasteiger partial charge in [-0.3, -0.25) is 4.79 Å². The van der Waals surface area contributed by atoms with Crippen molar-refractivity contribution in [1.82, 2.24) is 4.31 Å². The zero-order valence-corrected chi connectivity index (χ0v) is 14.3. The summed E-state index contributed by atoms with van der Waals surface area (Å²) in [5, 5.41) is 0. The van der Waals surface area contributed by atoms with Crippen LogP contribution in [-0.4, -0.2) is 38.5 Å². The SMILES string of the molecule is CN(C(=O)CN(Cc1ccc(F)cc1)S(C)(=O)=O)c1ccccc1. The fourth-order valence-corrected chi connectivity index (χ4v) is 2.86. The summed E-state index contributed by atoms with van der Waals surface area (Å²) in [5.41, 5.74) is 1.29. The number of nitrogens with zero attached hydrogens (tertiary/aromatic N) is 2. The van der Waals surface area contributed by atoms with E-state index in [0.717, 1.165) is 10.6 Å². The van der Waals surface area contributed by atoms with E-state index >= 15 is 0 Å². The minimum atomic E-state index is -3.59. The average Bonchev–Trinajstić information content (AvgIpc) is 2.55. The van der Waals surface area contributed by atoms with E-state index in [-0.39, 0.29) is 19.0 Å². The normalized spacial score (nSPS) is 11.5. The Morgan fingerprint density at radius 3 is 2.17 bits per heavy atom. The van der Waals surface area contributed by atoms with Crippen molar-refractivity contribution in [2.24, 2.45) is 0 Å². The van der Waals surface area contributed by atoms with Gasteiger partial charge in [-0.25, -0.2) is 12.8 Å². The highest BCUT2D eigenvalue weighted by Crippen LogP contribution is 2.14. The maximum absolute atomic E-state index is 13.0. The molecule has 0 bridgehead atoms. The van der Waals surface area contributed by atoms with Crippen LogP contribution in [0, 0.1) is 5.82 Å². The molecule has 128 valence electrons. The Hall–Kier alpha value is -2.25. The first kappa shape index (κ1) is 18.1. The van der Waals surface area contributed by atoms with Gasteiger partial charge in [0, 0.05) is 19.3 Å². The largest absolute Gasteiger partial charge is 0.314 e. The number of hydrogen-bond acceptors (Lipinski definition) is 3. The zero-order chi connectivity index (χ0) is 17.7. The summed E-state index contributed by atoms with van der Waals surface area (Å²) >= 11 is 0. The summed E-state index contributed by atoms with van der Waals surface area (Å²) in [5.74, 6) is -0.752. The highest BCUT2D eigenvalue weighted by molar-refractivity contribution is 7.88. The molecule has 0 heterocycles. The van der Waals surface area contributed by atoms with Gasteiger partial charge in [-0.2, -0.15) is 4.31 Å². The molecule has 0 aliphatic heterocycles. The van der Waals surface area contributed by atoms with Gasteiger partial charge in [0.15, 0.2) is 0 Å². The molecule has 0 spiro atoms. The summed E-state index contributed by atoms with van der Waals surface area (Å²) < 4.78 is 38.0. The lowest BCUT2D eigenvalue weighted by Crippen LogP contribution is -2.40. The van der Waals surface area contributed by atoms with Crippen LogP contribution in [0.5, 0.6) is 0 Å². The van der Waals surface area contributed by atoms with Crippen LogP contribution in [0.4, 0.5) is 10.1 Å². The van der Waals surface area contributed by atoms with Crippen LogP contribution in [0.1, 0.15) is 5.56 Å². The van der Waals surface area contributed by atoms with Crippen LogP contribution in [-0.2, 0) is 21.4 Å². The summed E-state index contributed by atoms with van der Waals surface area (Å²) in [6, 6.07) is 14.5. The lowest BCUT2D eigenvalue weighted by molar-refractivity contribution is -0.118. The molecule has 7 heteroatoms. The maximum atomic E-state index is 13.0. The number of sulfonamides is 1. The molecular weight excluding hydrogens is 331 g/mol. The van der Waals surface area contributed by atoms with Crippen molar-refractivity contribution in [3.63, 3.8) is 0 Å². The Bertz CT molecular complexity index is 792. The highest BCUT2D eigenvalue weighted by Gasteiger charge is 2.23. The van der Waals surface area contributed by atoms with E-state index in [2.05, 4.69) is 0 Å². The van der Waals surface area contributed by atoms with Crippen LogP contribution < -0.4 is 4.90 Å². The van der Waals surface area contributed by atoms with E-state index in [9.17, 15) is 17.6 Å². The Labute approximate surface area is 141 Å². The van der Waals surface area contributed by atoms with E-state index in [4.69, 9.17) is 0 Å². The predicted molar refractivity (Wildman–Crippen MR) is 91.5 cm³/mol. The molecule has 24 heavy (non-hydrogen) atoms. The van der Waals surface area contributed by atoms with E-state index in [0.29, 0.717) is 11.3 Å². The molecule has 0 saturated carbocycles. The van der Waals surface area contributed by atoms with Crippen LogP contribution in [0.15, 0.2) is 54.6 Å². The van der Waals surface area contributed by atoms with Gasteiger partial charge in [-0.05, 0) is 29.8 Å². The van der Waals surface area contributed by atoms with Crippen LogP contribution in [0.25, 0.3) is 0 Å². The number of carbonyl (C=O) groups excluding carboxylic acids is 1. The average molecular weight is 350 g/mol. The second-order valence-corrected chi connectivity index (χ2v) is 7.43. The van der Waals surface area contributed by atoms with E-state index in [1.54, 1.807) is 31.3 Å². The van der Waals surface area contributed by atoms with Gasteiger partial charge in [0.1, 0.15) is 5.82 Å². The number of para-hydroxylation sites is 1. The molecule has 0 saturated heterocycles. The number of hydrogen-bond donors (Lipinski definition) is 0. The second-order valence-electron chi connectivity index (χ2n) is 5.45. The molecule has 1 amide bonds. The summed E-state index contributed by atoms with van der Waals surface area (Å²) in [6.45, 7) is -0.283. The quantitative estimate of drug-likeness (QED) is 0.803. The topological polar surface area (TPSA) is 57.7 Å². The number of amides is 1. The Kier molecular flexibility index (Phi) is 5.69. The van der Waals surface area contributed by atoms with Crippen molar-refractivity contribution >= 4 is 21.6 Å².